The fourth-order valence-electron chi connectivity index (χ4n) is 7.66. The minimum atomic E-state index is -1.49. The molecule has 2 atom stereocenters. The summed E-state index contributed by atoms with van der Waals surface area (Å²) in [6.07, 6.45) is 2.24. The monoisotopic (exact) mass is 734 g/mol. The van der Waals surface area contributed by atoms with Gasteiger partial charge in [0, 0.05) is 36.1 Å². The van der Waals surface area contributed by atoms with Crippen molar-refractivity contribution in [1.82, 2.24) is 9.47 Å². The van der Waals surface area contributed by atoms with Crippen molar-refractivity contribution in [3.63, 3.8) is 0 Å². The number of amides is 1. The van der Waals surface area contributed by atoms with Crippen molar-refractivity contribution < 1.29 is 36.6 Å². The first-order chi connectivity index (χ1) is 26.0. The van der Waals surface area contributed by atoms with Crippen LogP contribution < -0.4 is 9.47 Å². The molecule has 6 nitrogen and oxygen atoms in total. The Bertz CT molecular complexity index is 2420. The van der Waals surface area contributed by atoms with Crippen molar-refractivity contribution in [3.05, 3.63) is 165 Å². The van der Waals surface area contributed by atoms with Gasteiger partial charge in [-0.15, -0.1) is 0 Å². The molecule has 276 valence electrons. The number of Topliss-reactive ketones (excluding diaryl/α,β-unsaturated/α-hetero) is 1. The van der Waals surface area contributed by atoms with Gasteiger partial charge in [-0.1, -0.05) is 48.5 Å². The predicted molar refractivity (Wildman–Crippen MR) is 199 cm³/mol. The molecular weight excluding hydrogens is 696 g/mol. The molecule has 54 heavy (non-hydrogen) atoms. The van der Waals surface area contributed by atoms with Crippen LogP contribution >= 0.6 is 0 Å². The third kappa shape index (κ3) is 6.61. The van der Waals surface area contributed by atoms with E-state index in [0.717, 1.165) is 39.1 Å². The highest BCUT2D eigenvalue weighted by Gasteiger charge is 2.46. The molecule has 0 spiro atoms. The van der Waals surface area contributed by atoms with Gasteiger partial charge in [0.15, 0.2) is 5.78 Å². The van der Waals surface area contributed by atoms with E-state index in [2.05, 4.69) is 0 Å². The second-order valence-corrected chi connectivity index (χ2v) is 13.7. The summed E-state index contributed by atoms with van der Waals surface area (Å²) in [5.74, 6) is -5.86. The van der Waals surface area contributed by atoms with E-state index in [4.69, 9.17) is 9.47 Å². The molecule has 10 heteroatoms. The molecule has 0 bridgehead atoms. The number of para-hydroxylation sites is 1. The first-order valence-corrected chi connectivity index (χ1v) is 17.6. The van der Waals surface area contributed by atoms with Crippen LogP contribution in [0.25, 0.3) is 10.9 Å². The Hall–Kier alpha value is -5.90. The Kier molecular flexibility index (Phi) is 10.0. The van der Waals surface area contributed by atoms with Crippen molar-refractivity contribution >= 4 is 22.6 Å². The van der Waals surface area contributed by atoms with Crippen molar-refractivity contribution in [2.75, 3.05) is 20.8 Å². The Morgan fingerprint density at radius 2 is 1.44 bits per heavy atom. The molecule has 1 amide bonds. The molecule has 0 N–H and O–H groups in total. The molecule has 1 aliphatic heterocycles. The predicted octanol–water partition coefficient (Wildman–Crippen LogP) is 9.35. The number of ketones is 1. The number of halogens is 4. The number of fused-ring (bicyclic) bond motifs is 1. The summed E-state index contributed by atoms with van der Waals surface area (Å²) >= 11 is 0. The van der Waals surface area contributed by atoms with Crippen LogP contribution in [-0.2, 0) is 13.0 Å². The number of ether oxygens (including phenoxy) is 2. The van der Waals surface area contributed by atoms with Crippen molar-refractivity contribution in [2.24, 2.45) is 0 Å². The highest BCUT2D eigenvalue weighted by atomic mass is 19.1. The van der Waals surface area contributed by atoms with Crippen LogP contribution in [0.15, 0.2) is 97.2 Å². The Morgan fingerprint density at radius 1 is 0.759 bits per heavy atom. The fourth-order valence-corrected chi connectivity index (χ4v) is 7.66. The zero-order valence-corrected chi connectivity index (χ0v) is 30.3. The maximum absolute atomic E-state index is 16.5. The van der Waals surface area contributed by atoms with Crippen molar-refractivity contribution in [2.45, 2.75) is 45.2 Å². The minimum Gasteiger partial charge on any atom is -0.497 e. The first kappa shape index (κ1) is 36.5. The summed E-state index contributed by atoms with van der Waals surface area (Å²) in [6.45, 7) is 3.22. The number of carbonyl (C=O) groups excluding carboxylic acids is 2. The van der Waals surface area contributed by atoms with Crippen LogP contribution in [0.4, 0.5) is 17.6 Å². The molecule has 6 aromatic rings. The van der Waals surface area contributed by atoms with E-state index < -0.39 is 58.0 Å². The van der Waals surface area contributed by atoms with Crippen LogP contribution in [0.2, 0.25) is 0 Å². The van der Waals surface area contributed by atoms with Gasteiger partial charge < -0.3 is 18.9 Å². The van der Waals surface area contributed by atoms with Gasteiger partial charge in [-0.2, -0.15) is 0 Å². The number of hydrogen-bond donors (Lipinski definition) is 0. The summed E-state index contributed by atoms with van der Waals surface area (Å²) in [6, 6.07) is 24.1. The van der Waals surface area contributed by atoms with E-state index >= 15 is 17.6 Å². The molecule has 0 radical (unpaired) electrons. The molecule has 2 heterocycles. The van der Waals surface area contributed by atoms with Gasteiger partial charge in [0.05, 0.1) is 19.8 Å². The van der Waals surface area contributed by atoms with Gasteiger partial charge in [0.1, 0.15) is 46.4 Å². The van der Waals surface area contributed by atoms with E-state index in [-0.39, 0.29) is 30.5 Å². The maximum atomic E-state index is 16.5. The lowest BCUT2D eigenvalue weighted by molar-refractivity contribution is 0.0651. The normalized spacial score (nSPS) is 15.5. The summed E-state index contributed by atoms with van der Waals surface area (Å²) < 4.78 is 76.1. The molecule has 2 unspecified atom stereocenters. The van der Waals surface area contributed by atoms with Crippen molar-refractivity contribution in [1.29, 1.82) is 0 Å². The lowest BCUT2D eigenvalue weighted by Crippen LogP contribution is -2.44. The number of methoxy groups -OCH3 is 2. The lowest BCUT2D eigenvalue weighted by Gasteiger charge is -2.28. The zero-order chi connectivity index (χ0) is 38.3. The number of benzene rings is 5. The lowest BCUT2D eigenvalue weighted by atomic mass is 9.85. The second-order valence-electron chi connectivity index (χ2n) is 13.7. The van der Waals surface area contributed by atoms with Gasteiger partial charge in [-0.05, 0) is 103 Å². The van der Waals surface area contributed by atoms with E-state index in [9.17, 15) is 9.59 Å². The van der Waals surface area contributed by atoms with Gasteiger partial charge in [-0.3, -0.25) is 9.59 Å². The van der Waals surface area contributed by atoms with Gasteiger partial charge in [0.25, 0.3) is 5.91 Å². The smallest absolute Gasteiger partial charge is 0.260 e. The largest absolute Gasteiger partial charge is 0.497 e. The molecule has 1 fully saturated rings. The Morgan fingerprint density at radius 3 is 2.17 bits per heavy atom. The van der Waals surface area contributed by atoms with E-state index in [1.54, 1.807) is 31.4 Å². The SMILES string of the molecule is COc1cccc(Cc2cc(F)c(C(=O)C3C(c4cn(Cc5cccc(OC)c5)c5ccccc45)CCN3C(=O)c3c(F)ccc(C)c3F)c(F)c2C)c1. The molecule has 1 aliphatic rings. The zero-order valence-electron chi connectivity index (χ0n) is 30.3. The quantitative estimate of drug-likeness (QED) is 0.104. The summed E-state index contributed by atoms with van der Waals surface area (Å²) in [7, 11) is 3.11. The van der Waals surface area contributed by atoms with Crippen LogP contribution in [0.1, 0.15) is 66.4 Å². The summed E-state index contributed by atoms with van der Waals surface area (Å²) in [4.78, 5) is 30.0. The Labute approximate surface area is 310 Å². The molecular formula is C44H38F4N2O4. The molecule has 1 aromatic heterocycles. The topological polar surface area (TPSA) is 60.8 Å². The van der Waals surface area contributed by atoms with Gasteiger partial charge in [-0.25, -0.2) is 17.6 Å². The average molecular weight is 735 g/mol. The number of nitrogens with zero attached hydrogens (tertiary/aromatic N) is 2. The van der Waals surface area contributed by atoms with Crippen LogP contribution in [0.3, 0.4) is 0 Å². The van der Waals surface area contributed by atoms with Crippen LogP contribution in [0.5, 0.6) is 11.5 Å². The van der Waals surface area contributed by atoms with Gasteiger partial charge >= 0.3 is 0 Å². The third-order valence-corrected chi connectivity index (χ3v) is 10.5. The highest BCUT2D eigenvalue weighted by molar-refractivity contribution is 6.06. The third-order valence-electron chi connectivity index (χ3n) is 10.5. The van der Waals surface area contributed by atoms with Crippen LogP contribution in [-0.4, -0.2) is 48.0 Å². The van der Waals surface area contributed by atoms with Gasteiger partial charge in [0.2, 0.25) is 0 Å². The summed E-state index contributed by atoms with van der Waals surface area (Å²) in [5, 5.41) is 0.774. The minimum absolute atomic E-state index is 0.0401. The number of likely N-dealkylation sites (tertiary alicyclic amines) is 1. The average Bonchev–Trinajstić information content (AvgIpc) is 3.77. The molecule has 0 saturated carbocycles. The second kappa shape index (κ2) is 14.9. The van der Waals surface area contributed by atoms with Crippen LogP contribution in [0, 0.1) is 37.1 Å². The standard InChI is InChI=1S/C44H38F4N2O4/c1-25-15-16-35(45)39(40(25)47)44(52)50-18-17-33(34-24-49(37-14-6-5-13-32(34)37)23-28-10-8-12-31(21-28)54-4)42(50)43(51)38-36(46)22-29(26(2)41(38)48)19-27-9-7-11-30(20-27)53-3/h5-16,20-22,24,33,42H,17-19,23H2,1-4H3. The molecule has 1 saturated heterocycles. The molecule has 5 aromatic carbocycles. The molecule has 7 rings (SSSR count). The molecule has 0 aliphatic carbocycles. The number of aromatic nitrogens is 1. The van der Waals surface area contributed by atoms with E-state index in [0.29, 0.717) is 29.2 Å². The maximum Gasteiger partial charge on any atom is 0.260 e. The highest BCUT2D eigenvalue weighted by Crippen LogP contribution is 2.42. The Balaban J connectivity index is 1.34. The van der Waals surface area contributed by atoms with E-state index in [1.807, 2.05) is 59.3 Å². The first-order valence-electron chi connectivity index (χ1n) is 17.6. The number of aryl methyl sites for hydroxylation is 1. The number of hydrogen-bond acceptors (Lipinski definition) is 4. The number of carbonyl (C=O) groups is 2. The summed E-state index contributed by atoms with van der Waals surface area (Å²) in [5.41, 5.74) is 2.00. The fraction of sp³-hybridized carbons (Fsp3) is 0.227. The van der Waals surface area contributed by atoms with E-state index in [1.165, 1.54) is 27.0 Å². The van der Waals surface area contributed by atoms with Crippen molar-refractivity contribution in [3.8, 4) is 11.5 Å². The number of rotatable bonds is 10.